The molecule has 0 N–H and O–H groups in total. The van der Waals surface area contributed by atoms with Crippen LogP contribution in [0.3, 0.4) is 0 Å². The smallest absolute Gasteiger partial charge is 0.309 e. The van der Waals surface area contributed by atoms with Crippen LogP contribution in [0, 0.1) is 11.8 Å². The molecule has 1 aromatic carbocycles. The Kier molecular flexibility index (Phi) is 17.4. The number of ether oxygens (including phenoxy) is 3. The van der Waals surface area contributed by atoms with Gasteiger partial charge in [-0.15, -0.1) is 0 Å². The number of benzene rings is 1. The summed E-state index contributed by atoms with van der Waals surface area (Å²) < 4.78 is 15.7. The fourth-order valence-electron chi connectivity index (χ4n) is 4.13. The number of carbonyl (C=O) groups excluding carboxylic acids is 3. The maximum absolute atomic E-state index is 12.5. The van der Waals surface area contributed by atoms with Crippen molar-refractivity contribution in [2.45, 2.75) is 117 Å². The predicted molar refractivity (Wildman–Crippen MR) is 142 cm³/mol. The Morgan fingerprint density at radius 1 is 0.694 bits per heavy atom. The minimum Gasteiger partial charge on any atom is -0.469 e. The Hall–Kier alpha value is -2.37. The molecular formula is C30H48O6. The molecule has 0 radical (unpaired) electrons. The molecule has 2 atom stereocenters. The van der Waals surface area contributed by atoms with Gasteiger partial charge in [0.05, 0.1) is 13.5 Å². The van der Waals surface area contributed by atoms with Gasteiger partial charge < -0.3 is 14.2 Å². The monoisotopic (exact) mass is 504 g/mol. The van der Waals surface area contributed by atoms with E-state index >= 15 is 0 Å². The normalized spacial score (nSPS) is 12.7. The van der Waals surface area contributed by atoms with E-state index < -0.39 is 12.1 Å². The van der Waals surface area contributed by atoms with E-state index in [1.807, 2.05) is 37.3 Å². The number of unbranched alkanes of at least 4 members (excludes halogenated alkanes) is 7. The summed E-state index contributed by atoms with van der Waals surface area (Å²) in [7, 11) is 1.33. The largest absolute Gasteiger partial charge is 0.469 e. The molecule has 0 aliphatic carbocycles. The summed E-state index contributed by atoms with van der Waals surface area (Å²) in [5, 5.41) is 0. The second kappa shape index (κ2) is 19.8. The van der Waals surface area contributed by atoms with Crippen LogP contribution in [0.4, 0.5) is 0 Å². The lowest BCUT2D eigenvalue weighted by molar-refractivity contribution is -0.156. The molecule has 0 heterocycles. The number of hydrogen-bond acceptors (Lipinski definition) is 6. The zero-order valence-corrected chi connectivity index (χ0v) is 23.0. The molecule has 6 nitrogen and oxygen atoms in total. The molecule has 0 bridgehead atoms. The molecule has 0 unspecified atom stereocenters. The van der Waals surface area contributed by atoms with Gasteiger partial charge in [-0.3, -0.25) is 14.4 Å². The van der Waals surface area contributed by atoms with Crippen molar-refractivity contribution >= 4 is 17.9 Å². The molecule has 6 heteroatoms. The van der Waals surface area contributed by atoms with Crippen molar-refractivity contribution in [3.8, 4) is 0 Å². The molecule has 0 amide bonds. The Morgan fingerprint density at radius 3 is 1.83 bits per heavy atom. The molecule has 36 heavy (non-hydrogen) atoms. The fourth-order valence-corrected chi connectivity index (χ4v) is 4.13. The van der Waals surface area contributed by atoms with Gasteiger partial charge in [-0.1, -0.05) is 102 Å². The van der Waals surface area contributed by atoms with Crippen molar-refractivity contribution in [3.63, 3.8) is 0 Å². The average Bonchev–Trinajstić information content (AvgIpc) is 2.83. The third-order valence-corrected chi connectivity index (χ3v) is 6.25. The highest BCUT2D eigenvalue weighted by atomic mass is 16.6. The van der Waals surface area contributed by atoms with E-state index in [-0.39, 0.29) is 43.7 Å². The van der Waals surface area contributed by atoms with Crippen molar-refractivity contribution in [1.29, 1.82) is 0 Å². The summed E-state index contributed by atoms with van der Waals surface area (Å²) in [6, 6.07) is 9.51. The van der Waals surface area contributed by atoms with Crippen molar-refractivity contribution in [2.24, 2.45) is 11.8 Å². The lowest BCUT2D eigenvalue weighted by Gasteiger charge is -2.19. The Bertz CT molecular complexity index is 730. The highest BCUT2D eigenvalue weighted by Crippen LogP contribution is 2.18. The van der Waals surface area contributed by atoms with E-state index in [0.717, 1.165) is 30.7 Å². The third kappa shape index (κ3) is 17.1. The number of carbonyl (C=O) groups is 3. The summed E-state index contributed by atoms with van der Waals surface area (Å²) in [4.78, 5) is 36.4. The second-order valence-corrected chi connectivity index (χ2v) is 10.4. The number of hydrogen-bond donors (Lipinski definition) is 0. The third-order valence-electron chi connectivity index (χ3n) is 6.25. The van der Waals surface area contributed by atoms with E-state index in [0.29, 0.717) is 6.42 Å². The van der Waals surface area contributed by atoms with Crippen molar-refractivity contribution < 1.29 is 28.6 Å². The maximum Gasteiger partial charge on any atom is 0.309 e. The van der Waals surface area contributed by atoms with Crippen molar-refractivity contribution in [1.82, 2.24) is 0 Å². The van der Waals surface area contributed by atoms with Crippen LogP contribution in [0.25, 0.3) is 0 Å². The van der Waals surface area contributed by atoms with Gasteiger partial charge in [0.25, 0.3) is 0 Å². The van der Waals surface area contributed by atoms with Crippen LogP contribution in [0.1, 0.15) is 110 Å². The minimum atomic E-state index is -0.512. The SMILES string of the molecule is COC(=O)C[C@@H](C)CC(=O)O[C@@H](CCCCCCCCCCC(C)C)CC(=O)OCc1ccccc1. The lowest BCUT2D eigenvalue weighted by atomic mass is 10.0. The molecule has 0 spiro atoms. The topological polar surface area (TPSA) is 78.9 Å². The molecule has 1 rings (SSSR count). The van der Waals surface area contributed by atoms with Gasteiger partial charge in [-0.25, -0.2) is 0 Å². The molecule has 204 valence electrons. The van der Waals surface area contributed by atoms with Crippen molar-refractivity contribution in [2.75, 3.05) is 7.11 Å². The summed E-state index contributed by atoms with van der Waals surface area (Å²) in [5.74, 6) is -0.513. The minimum absolute atomic E-state index is 0.0415. The molecule has 0 aliphatic heterocycles. The lowest BCUT2D eigenvalue weighted by Crippen LogP contribution is -2.24. The van der Waals surface area contributed by atoms with Crippen LogP contribution < -0.4 is 0 Å². The zero-order valence-electron chi connectivity index (χ0n) is 23.0. The fraction of sp³-hybridized carbons (Fsp3) is 0.700. The first-order valence-corrected chi connectivity index (χ1v) is 13.8. The van der Waals surface area contributed by atoms with Gasteiger partial charge in [-0.05, 0) is 30.2 Å². The van der Waals surface area contributed by atoms with Crippen LogP contribution in [0.15, 0.2) is 30.3 Å². The van der Waals surface area contributed by atoms with Gasteiger partial charge >= 0.3 is 17.9 Å². The van der Waals surface area contributed by atoms with Crippen LogP contribution >= 0.6 is 0 Å². The summed E-state index contributed by atoms with van der Waals surface area (Å²) in [5.41, 5.74) is 0.917. The molecule has 0 aromatic heterocycles. The summed E-state index contributed by atoms with van der Waals surface area (Å²) >= 11 is 0. The van der Waals surface area contributed by atoms with Gasteiger partial charge in [0, 0.05) is 12.8 Å². The maximum atomic E-state index is 12.5. The van der Waals surface area contributed by atoms with Crippen LogP contribution in [0.5, 0.6) is 0 Å². The first-order chi connectivity index (χ1) is 17.3. The summed E-state index contributed by atoms with van der Waals surface area (Å²) in [6.07, 6.45) is 11.3. The highest BCUT2D eigenvalue weighted by molar-refractivity contribution is 5.74. The van der Waals surface area contributed by atoms with Gasteiger partial charge in [0.2, 0.25) is 0 Å². The first-order valence-electron chi connectivity index (χ1n) is 13.8. The Morgan fingerprint density at radius 2 is 1.25 bits per heavy atom. The molecular weight excluding hydrogens is 456 g/mol. The van der Waals surface area contributed by atoms with E-state index in [4.69, 9.17) is 9.47 Å². The molecule has 0 aliphatic rings. The van der Waals surface area contributed by atoms with Crippen LogP contribution in [-0.4, -0.2) is 31.1 Å². The summed E-state index contributed by atoms with van der Waals surface area (Å²) in [6.45, 7) is 6.56. The van der Waals surface area contributed by atoms with Gasteiger partial charge in [0.1, 0.15) is 12.7 Å². The molecule has 0 fully saturated rings. The van der Waals surface area contributed by atoms with E-state index in [1.54, 1.807) is 0 Å². The van der Waals surface area contributed by atoms with Gasteiger partial charge in [-0.2, -0.15) is 0 Å². The molecule has 0 saturated heterocycles. The predicted octanol–water partition coefficient (Wildman–Crippen LogP) is 7.18. The quantitative estimate of drug-likeness (QED) is 0.106. The molecule has 1 aromatic rings. The number of esters is 3. The number of methoxy groups -OCH3 is 1. The Balaban J connectivity index is 2.41. The van der Waals surface area contributed by atoms with Crippen LogP contribution in [-0.2, 0) is 35.2 Å². The first kappa shape index (κ1) is 31.7. The second-order valence-electron chi connectivity index (χ2n) is 10.4. The molecule has 0 saturated carbocycles. The Labute approximate surface area is 218 Å². The standard InChI is InChI=1S/C30H48O6/c1-24(2)16-12-9-7-5-6-8-10-15-19-27(36-30(33)21-25(3)20-28(31)34-4)22-29(32)35-23-26-17-13-11-14-18-26/h11,13-14,17-18,24-25,27H,5-10,12,15-16,19-23H2,1-4H3/t25-,27+/m1/s1. The zero-order chi connectivity index (χ0) is 26.6. The van der Waals surface area contributed by atoms with Crippen LogP contribution in [0.2, 0.25) is 0 Å². The average molecular weight is 505 g/mol. The van der Waals surface area contributed by atoms with E-state index in [2.05, 4.69) is 18.6 Å². The van der Waals surface area contributed by atoms with E-state index in [9.17, 15) is 14.4 Å². The van der Waals surface area contributed by atoms with Crippen molar-refractivity contribution in [3.05, 3.63) is 35.9 Å². The highest BCUT2D eigenvalue weighted by Gasteiger charge is 2.22. The van der Waals surface area contributed by atoms with Gasteiger partial charge in [0.15, 0.2) is 0 Å². The van der Waals surface area contributed by atoms with E-state index in [1.165, 1.54) is 45.6 Å². The number of rotatable bonds is 20.